The highest BCUT2D eigenvalue weighted by Gasteiger charge is 2.01. The number of phenols is 1. The van der Waals surface area contributed by atoms with E-state index >= 15 is 0 Å². The molecule has 0 saturated heterocycles. The van der Waals surface area contributed by atoms with Crippen LogP contribution in [0, 0.1) is 3.57 Å². The standard InChI is InChI=1S/C9H10IO2Si/c10-7-2-3-8(11)9(6-7)12-4-1-5-13/h2-3,6,11H,1,4-5H2. The third kappa shape index (κ3) is 3.56. The van der Waals surface area contributed by atoms with Gasteiger partial charge < -0.3 is 9.84 Å². The largest absolute Gasteiger partial charge is 0.504 e. The molecule has 4 heteroatoms. The van der Waals surface area contributed by atoms with E-state index in [1.165, 1.54) is 0 Å². The minimum atomic E-state index is 0.203. The molecule has 1 aromatic rings. The lowest BCUT2D eigenvalue weighted by atomic mass is 10.3. The highest BCUT2D eigenvalue weighted by molar-refractivity contribution is 14.1. The minimum Gasteiger partial charge on any atom is -0.504 e. The van der Waals surface area contributed by atoms with E-state index in [0.29, 0.717) is 12.4 Å². The van der Waals surface area contributed by atoms with Crippen molar-refractivity contribution in [2.24, 2.45) is 0 Å². The molecule has 1 N–H and O–H groups in total. The van der Waals surface area contributed by atoms with Gasteiger partial charge in [0.1, 0.15) is 0 Å². The third-order valence-corrected chi connectivity index (χ3v) is 2.53. The second-order valence-corrected chi connectivity index (χ2v) is 4.31. The van der Waals surface area contributed by atoms with Gasteiger partial charge in [0.2, 0.25) is 0 Å². The molecule has 0 aliphatic rings. The molecular formula is C9H10IO2Si. The molecule has 0 unspecified atom stereocenters. The Kier molecular flexibility index (Phi) is 4.58. The van der Waals surface area contributed by atoms with Crippen molar-refractivity contribution in [3.05, 3.63) is 21.8 Å². The van der Waals surface area contributed by atoms with E-state index in [1.54, 1.807) is 6.07 Å². The summed E-state index contributed by atoms with van der Waals surface area (Å²) < 4.78 is 6.43. The van der Waals surface area contributed by atoms with E-state index in [0.717, 1.165) is 16.0 Å². The predicted molar refractivity (Wildman–Crippen MR) is 61.5 cm³/mol. The summed E-state index contributed by atoms with van der Waals surface area (Å²) in [5.41, 5.74) is 0. The maximum Gasteiger partial charge on any atom is 0.161 e. The lowest BCUT2D eigenvalue weighted by molar-refractivity contribution is 0.299. The summed E-state index contributed by atoms with van der Waals surface area (Å²) in [7, 11) is 3.36. The zero-order valence-corrected chi connectivity index (χ0v) is 10.2. The summed E-state index contributed by atoms with van der Waals surface area (Å²) in [6, 6.07) is 6.21. The molecule has 0 fully saturated rings. The van der Waals surface area contributed by atoms with Gasteiger partial charge in [-0.15, -0.1) is 0 Å². The summed E-state index contributed by atoms with van der Waals surface area (Å²) in [6.45, 7) is 0.622. The van der Waals surface area contributed by atoms with Gasteiger partial charge in [0, 0.05) is 13.8 Å². The maximum atomic E-state index is 9.39. The smallest absolute Gasteiger partial charge is 0.161 e. The Bertz CT molecular complexity index is 278. The van der Waals surface area contributed by atoms with Gasteiger partial charge in [-0.1, -0.05) is 6.04 Å². The molecule has 0 heterocycles. The van der Waals surface area contributed by atoms with Gasteiger partial charge in [0.25, 0.3) is 0 Å². The Hall–Kier alpha value is -0.233. The second kappa shape index (κ2) is 5.49. The predicted octanol–water partition coefficient (Wildman–Crippen LogP) is 2.35. The summed E-state index contributed by atoms with van der Waals surface area (Å²) in [5.74, 6) is 0.765. The van der Waals surface area contributed by atoms with Gasteiger partial charge in [-0.25, -0.2) is 0 Å². The first-order valence-corrected chi connectivity index (χ1v) is 5.78. The van der Waals surface area contributed by atoms with Crippen LogP contribution in [0.1, 0.15) is 6.42 Å². The fourth-order valence-corrected chi connectivity index (χ4v) is 1.46. The van der Waals surface area contributed by atoms with E-state index < -0.39 is 0 Å². The zero-order valence-electron chi connectivity index (χ0n) is 7.09. The van der Waals surface area contributed by atoms with E-state index in [2.05, 4.69) is 32.8 Å². The first kappa shape index (κ1) is 10.8. The average molecular weight is 305 g/mol. The van der Waals surface area contributed by atoms with Crippen LogP contribution >= 0.6 is 22.6 Å². The van der Waals surface area contributed by atoms with E-state index in [9.17, 15) is 5.11 Å². The van der Waals surface area contributed by atoms with Crippen LogP contribution < -0.4 is 4.74 Å². The van der Waals surface area contributed by atoms with Crippen LogP contribution in [0.25, 0.3) is 0 Å². The Morgan fingerprint density at radius 3 is 2.92 bits per heavy atom. The van der Waals surface area contributed by atoms with Gasteiger partial charge in [-0.05, 0) is 47.2 Å². The number of phenolic OH excluding ortho intramolecular Hbond substituents is 1. The maximum absolute atomic E-state index is 9.39. The highest BCUT2D eigenvalue weighted by atomic mass is 127. The van der Waals surface area contributed by atoms with Crippen LogP contribution in [-0.2, 0) is 0 Å². The van der Waals surface area contributed by atoms with Crippen molar-refractivity contribution in [1.82, 2.24) is 0 Å². The lowest BCUT2D eigenvalue weighted by Gasteiger charge is -2.07. The number of rotatable bonds is 4. The van der Waals surface area contributed by atoms with Crippen molar-refractivity contribution in [2.45, 2.75) is 12.5 Å². The molecule has 0 aromatic heterocycles. The number of benzene rings is 1. The van der Waals surface area contributed by atoms with Crippen LogP contribution in [0.5, 0.6) is 11.5 Å². The number of halogens is 1. The van der Waals surface area contributed by atoms with Crippen LogP contribution in [0.4, 0.5) is 0 Å². The molecule has 0 saturated carbocycles. The minimum absolute atomic E-state index is 0.203. The first-order valence-electron chi connectivity index (χ1n) is 4.00. The SMILES string of the molecule is Oc1ccc(I)cc1OCCC[Si]. The van der Waals surface area contributed by atoms with Crippen LogP contribution in [0.3, 0.4) is 0 Å². The number of ether oxygens (including phenoxy) is 1. The highest BCUT2D eigenvalue weighted by Crippen LogP contribution is 2.27. The van der Waals surface area contributed by atoms with Crippen molar-refractivity contribution in [2.75, 3.05) is 6.61 Å². The molecule has 1 aromatic carbocycles. The van der Waals surface area contributed by atoms with Gasteiger partial charge >= 0.3 is 0 Å². The number of hydrogen-bond donors (Lipinski definition) is 1. The number of hydrogen-bond acceptors (Lipinski definition) is 2. The summed E-state index contributed by atoms with van der Waals surface area (Å²) in [5, 5.41) is 9.39. The molecule has 0 atom stereocenters. The van der Waals surface area contributed by atoms with Crippen LogP contribution in [-0.4, -0.2) is 22.0 Å². The summed E-state index contributed by atoms with van der Waals surface area (Å²) in [4.78, 5) is 0. The molecule has 0 spiro atoms. The van der Waals surface area contributed by atoms with Crippen LogP contribution in [0.2, 0.25) is 6.04 Å². The van der Waals surface area contributed by atoms with Crippen molar-refractivity contribution in [3.63, 3.8) is 0 Å². The third-order valence-electron chi connectivity index (χ3n) is 1.50. The molecule has 3 radical (unpaired) electrons. The Morgan fingerprint density at radius 1 is 1.46 bits per heavy atom. The molecule has 13 heavy (non-hydrogen) atoms. The van der Waals surface area contributed by atoms with Crippen LogP contribution in [0.15, 0.2) is 18.2 Å². The molecule has 1 rings (SSSR count). The fraction of sp³-hybridized carbons (Fsp3) is 0.333. The quantitative estimate of drug-likeness (QED) is 0.526. The molecule has 0 aliphatic heterocycles. The molecule has 2 nitrogen and oxygen atoms in total. The normalized spacial score (nSPS) is 10.0. The fourth-order valence-electron chi connectivity index (χ4n) is 0.858. The van der Waals surface area contributed by atoms with Crippen molar-refractivity contribution < 1.29 is 9.84 Å². The first-order chi connectivity index (χ1) is 6.24. The van der Waals surface area contributed by atoms with E-state index in [4.69, 9.17) is 4.74 Å². The average Bonchev–Trinajstić information content (AvgIpc) is 2.11. The zero-order chi connectivity index (χ0) is 9.68. The molecule has 69 valence electrons. The van der Waals surface area contributed by atoms with Gasteiger partial charge in [-0.3, -0.25) is 0 Å². The van der Waals surface area contributed by atoms with E-state index in [1.807, 2.05) is 12.1 Å². The number of aromatic hydroxyl groups is 1. The Balaban J connectivity index is 2.59. The molecule has 0 bridgehead atoms. The van der Waals surface area contributed by atoms with Crippen molar-refractivity contribution >= 4 is 32.8 Å². The lowest BCUT2D eigenvalue weighted by Crippen LogP contribution is -1.97. The monoisotopic (exact) mass is 305 g/mol. The van der Waals surface area contributed by atoms with Gasteiger partial charge in [0.15, 0.2) is 11.5 Å². The topological polar surface area (TPSA) is 29.5 Å². The van der Waals surface area contributed by atoms with Gasteiger partial charge in [-0.2, -0.15) is 0 Å². The summed E-state index contributed by atoms with van der Waals surface area (Å²) in [6.07, 6.45) is 0.932. The van der Waals surface area contributed by atoms with Crippen molar-refractivity contribution in [3.8, 4) is 11.5 Å². The Morgan fingerprint density at radius 2 is 2.23 bits per heavy atom. The van der Waals surface area contributed by atoms with Crippen molar-refractivity contribution in [1.29, 1.82) is 0 Å². The Labute approximate surface area is 94.9 Å². The second-order valence-electron chi connectivity index (χ2n) is 2.56. The van der Waals surface area contributed by atoms with E-state index in [-0.39, 0.29) is 5.75 Å². The summed E-state index contributed by atoms with van der Waals surface area (Å²) >= 11 is 2.18. The van der Waals surface area contributed by atoms with Gasteiger partial charge in [0.05, 0.1) is 6.61 Å². The molecule has 0 aliphatic carbocycles. The molecule has 0 amide bonds. The molecular weight excluding hydrogens is 295 g/mol.